The van der Waals surface area contributed by atoms with Crippen molar-refractivity contribution in [2.24, 2.45) is 0 Å². The maximum Gasteiger partial charge on any atom is 0.252 e. The lowest BCUT2D eigenvalue weighted by molar-refractivity contribution is -0.159. The molecule has 2 amide bonds. The van der Waals surface area contributed by atoms with E-state index in [0.29, 0.717) is 0 Å². The first kappa shape index (κ1) is 23.1. The predicted octanol–water partition coefficient (Wildman–Crippen LogP) is 2.76. The molecule has 0 unspecified atom stereocenters. The van der Waals surface area contributed by atoms with E-state index in [1.54, 1.807) is 12.2 Å². The summed E-state index contributed by atoms with van der Waals surface area (Å²) in [6.07, 6.45) is 0.838. The van der Waals surface area contributed by atoms with Gasteiger partial charge in [0.25, 0.3) is 11.8 Å². The summed E-state index contributed by atoms with van der Waals surface area (Å²) >= 11 is 0. The highest BCUT2D eigenvalue weighted by Gasteiger charge is 2.35. The Morgan fingerprint density at radius 2 is 1.10 bits per heavy atom. The van der Waals surface area contributed by atoms with Crippen LogP contribution in [0.4, 0.5) is 0 Å². The van der Waals surface area contributed by atoms with Crippen molar-refractivity contribution in [2.75, 3.05) is 13.1 Å². The molecule has 0 radical (unpaired) electrons. The molecule has 0 aromatic heterocycles. The van der Waals surface area contributed by atoms with E-state index in [4.69, 9.17) is 9.47 Å². The van der Waals surface area contributed by atoms with Crippen molar-refractivity contribution in [1.82, 2.24) is 10.6 Å². The number of benzene rings is 2. The van der Waals surface area contributed by atoms with Gasteiger partial charge in [-0.2, -0.15) is 0 Å². The van der Waals surface area contributed by atoms with Gasteiger partial charge in [-0.1, -0.05) is 72.8 Å². The molecule has 2 N–H and O–H groups in total. The third kappa shape index (κ3) is 7.66. The Morgan fingerprint density at radius 3 is 1.43 bits per heavy atom. The van der Waals surface area contributed by atoms with Crippen LogP contribution in [0.15, 0.2) is 86.0 Å². The van der Waals surface area contributed by atoms with Crippen LogP contribution in [0.25, 0.3) is 0 Å². The molecule has 158 valence electrons. The molecule has 0 aliphatic carbocycles. The van der Waals surface area contributed by atoms with Crippen LogP contribution in [-0.4, -0.2) is 37.1 Å². The number of carbonyl (C=O) groups is 2. The van der Waals surface area contributed by atoms with E-state index in [-0.39, 0.29) is 26.3 Å². The lowest BCUT2D eigenvalue weighted by atomic mass is 10.1. The van der Waals surface area contributed by atoms with Crippen LogP contribution in [0.2, 0.25) is 0 Å². The second-order valence-electron chi connectivity index (χ2n) is 6.50. The number of nitrogens with one attached hydrogen (secondary N) is 2. The molecule has 0 bridgehead atoms. The molecule has 30 heavy (non-hydrogen) atoms. The Bertz CT molecular complexity index is 739. The van der Waals surface area contributed by atoms with E-state index in [1.807, 2.05) is 60.7 Å². The van der Waals surface area contributed by atoms with Crippen LogP contribution in [-0.2, 0) is 32.3 Å². The molecule has 0 saturated carbocycles. The molecule has 0 saturated heterocycles. The summed E-state index contributed by atoms with van der Waals surface area (Å²) in [5.41, 5.74) is 1.76. The molecule has 2 aromatic rings. The quantitative estimate of drug-likeness (QED) is 0.500. The fourth-order valence-corrected chi connectivity index (χ4v) is 2.67. The van der Waals surface area contributed by atoms with E-state index in [2.05, 4.69) is 23.8 Å². The van der Waals surface area contributed by atoms with Gasteiger partial charge in [0, 0.05) is 13.1 Å². The molecular weight excluding hydrogens is 380 g/mol. The van der Waals surface area contributed by atoms with Crippen LogP contribution < -0.4 is 10.6 Å². The third-order valence-corrected chi connectivity index (χ3v) is 4.18. The summed E-state index contributed by atoms with van der Waals surface area (Å²) in [5.74, 6) is -0.893. The van der Waals surface area contributed by atoms with Gasteiger partial charge in [-0.3, -0.25) is 9.59 Å². The minimum absolute atomic E-state index is 0.160. The lowest BCUT2D eigenvalue weighted by Crippen LogP contribution is -2.52. The van der Waals surface area contributed by atoms with Gasteiger partial charge in [-0.15, -0.1) is 13.2 Å². The summed E-state index contributed by atoms with van der Waals surface area (Å²) in [6.45, 7) is 8.04. The average Bonchev–Trinajstić information content (AvgIpc) is 2.79. The summed E-state index contributed by atoms with van der Waals surface area (Å²) in [4.78, 5) is 25.6. The first-order chi connectivity index (χ1) is 14.7. The molecule has 0 aliphatic heterocycles. The van der Waals surface area contributed by atoms with Gasteiger partial charge >= 0.3 is 0 Å². The Morgan fingerprint density at radius 1 is 0.733 bits per heavy atom. The third-order valence-electron chi connectivity index (χ3n) is 4.18. The van der Waals surface area contributed by atoms with Gasteiger partial charge in [0.2, 0.25) is 0 Å². The lowest BCUT2D eigenvalue weighted by Gasteiger charge is -2.26. The van der Waals surface area contributed by atoms with Crippen molar-refractivity contribution >= 4 is 11.8 Å². The molecule has 2 rings (SSSR count). The highest BCUT2D eigenvalue weighted by atomic mass is 16.5. The molecular formula is C24H28N2O4. The number of ether oxygens (including phenoxy) is 2. The highest BCUT2D eigenvalue weighted by molar-refractivity contribution is 5.91. The molecule has 2 aromatic carbocycles. The van der Waals surface area contributed by atoms with Gasteiger partial charge in [0.05, 0.1) is 13.2 Å². The first-order valence-electron chi connectivity index (χ1n) is 9.74. The molecule has 0 fully saturated rings. The zero-order valence-corrected chi connectivity index (χ0v) is 17.0. The number of hydrogen-bond acceptors (Lipinski definition) is 4. The Balaban J connectivity index is 2.20. The van der Waals surface area contributed by atoms with Gasteiger partial charge in [-0.05, 0) is 11.1 Å². The Hall–Kier alpha value is -3.22. The topological polar surface area (TPSA) is 76.7 Å². The van der Waals surface area contributed by atoms with Gasteiger partial charge in [0.15, 0.2) is 12.2 Å². The van der Waals surface area contributed by atoms with Crippen LogP contribution >= 0.6 is 0 Å². The second kappa shape index (κ2) is 13.1. The van der Waals surface area contributed by atoms with Crippen LogP contribution in [0.1, 0.15) is 11.1 Å². The summed E-state index contributed by atoms with van der Waals surface area (Å²) in [7, 11) is 0. The summed E-state index contributed by atoms with van der Waals surface area (Å²) in [6, 6.07) is 18.9. The number of rotatable bonds is 13. The van der Waals surface area contributed by atoms with Crippen molar-refractivity contribution in [1.29, 1.82) is 0 Å². The van der Waals surface area contributed by atoms with E-state index >= 15 is 0 Å². The summed E-state index contributed by atoms with van der Waals surface area (Å²) < 4.78 is 11.8. The number of hydrogen-bond donors (Lipinski definition) is 2. The van der Waals surface area contributed by atoms with Gasteiger partial charge in [-0.25, -0.2) is 0 Å². The molecule has 0 spiro atoms. The zero-order valence-electron chi connectivity index (χ0n) is 17.0. The predicted molar refractivity (Wildman–Crippen MR) is 116 cm³/mol. The smallest absolute Gasteiger partial charge is 0.252 e. The second-order valence-corrected chi connectivity index (χ2v) is 6.50. The van der Waals surface area contributed by atoms with E-state index in [1.165, 1.54) is 0 Å². The van der Waals surface area contributed by atoms with Crippen molar-refractivity contribution in [3.05, 3.63) is 97.1 Å². The van der Waals surface area contributed by atoms with Gasteiger partial charge < -0.3 is 20.1 Å². The maximum atomic E-state index is 12.8. The van der Waals surface area contributed by atoms with Crippen LogP contribution in [0, 0.1) is 0 Å². The van der Waals surface area contributed by atoms with E-state index < -0.39 is 24.0 Å². The SMILES string of the molecule is C=CCNC(=O)[C@H](OCc1ccccc1)[C@@H](OCc1ccccc1)C(=O)NCC=C. The monoisotopic (exact) mass is 408 g/mol. The Labute approximate surface area is 177 Å². The highest BCUT2D eigenvalue weighted by Crippen LogP contribution is 2.13. The maximum absolute atomic E-state index is 12.8. The number of amides is 2. The van der Waals surface area contributed by atoms with Crippen LogP contribution in [0.5, 0.6) is 0 Å². The average molecular weight is 408 g/mol. The number of carbonyl (C=O) groups excluding carboxylic acids is 2. The fourth-order valence-electron chi connectivity index (χ4n) is 2.67. The van der Waals surface area contributed by atoms with Crippen molar-refractivity contribution < 1.29 is 19.1 Å². The van der Waals surface area contributed by atoms with Crippen LogP contribution in [0.3, 0.4) is 0 Å². The molecule has 6 heteroatoms. The van der Waals surface area contributed by atoms with Gasteiger partial charge in [0.1, 0.15) is 0 Å². The van der Waals surface area contributed by atoms with Crippen molar-refractivity contribution in [3.8, 4) is 0 Å². The van der Waals surface area contributed by atoms with E-state index in [9.17, 15) is 9.59 Å². The molecule has 2 atom stereocenters. The standard InChI is InChI=1S/C24H28N2O4/c1-3-15-25-23(27)21(29-17-19-11-7-5-8-12-19)22(24(28)26-16-4-2)30-18-20-13-9-6-10-14-20/h3-14,21-22H,1-2,15-18H2,(H,25,27)(H,26,28)/t21-,22-/m1/s1. The largest absolute Gasteiger partial charge is 0.360 e. The zero-order chi connectivity index (χ0) is 21.6. The van der Waals surface area contributed by atoms with Crippen molar-refractivity contribution in [2.45, 2.75) is 25.4 Å². The van der Waals surface area contributed by atoms with Crippen molar-refractivity contribution in [3.63, 3.8) is 0 Å². The minimum Gasteiger partial charge on any atom is -0.360 e. The first-order valence-corrected chi connectivity index (χ1v) is 9.74. The Kier molecular flexibility index (Phi) is 10.1. The fraction of sp³-hybridized carbons (Fsp3) is 0.250. The molecule has 0 heterocycles. The summed E-state index contributed by atoms with van der Waals surface area (Å²) in [5, 5.41) is 5.39. The normalized spacial score (nSPS) is 12.4. The molecule has 6 nitrogen and oxygen atoms in total. The minimum atomic E-state index is -1.14. The van der Waals surface area contributed by atoms with E-state index in [0.717, 1.165) is 11.1 Å². The molecule has 0 aliphatic rings.